The number of aromatic nitrogens is 2. The maximum atomic E-state index is 5.73. The zero-order chi connectivity index (χ0) is 13.9. The molecule has 0 aliphatic carbocycles. The number of aryl methyl sites for hydroxylation is 1. The van der Waals surface area contributed by atoms with E-state index in [-0.39, 0.29) is 0 Å². The summed E-state index contributed by atoms with van der Waals surface area (Å²) in [6.45, 7) is 2.57. The number of hydrogen-bond acceptors (Lipinski definition) is 3. The van der Waals surface area contributed by atoms with Gasteiger partial charge in [-0.05, 0) is 36.2 Å². The molecule has 1 aliphatic heterocycles. The van der Waals surface area contributed by atoms with Gasteiger partial charge >= 0.3 is 0 Å². The van der Waals surface area contributed by atoms with Crippen LogP contribution in [0.25, 0.3) is 0 Å². The molecule has 1 aliphatic rings. The van der Waals surface area contributed by atoms with Crippen LogP contribution in [0.15, 0.2) is 29.0 Å². The summed E-state index contributed by atoms with van der Waals surface area (Å²) in [5, 5.41) is 7.65. The lowest BCUT2D eigenvalue weighted by atomic mass is 10.1. The maximum absolute atomic E-state index is 5.73. The molecule has 20 heavy (non-hydrogen) atoms. The minimum Gasteiger partial charge on any atom is -0.493 e. The van der Waals surface area contributed by atoms with Gasteiger partial charge in [-0.2, -0.15) is 5.10 Å². The Hall–Kier alpha value is -1.33. The van der Waals surface area contributed by atoms with Gasteiger partial charge in [0.1, 0.15) is 5.75 Å². The van der Waals surface area contributed by atoms with Crippen molar-refractivity contribution in [2.45, 2.75) is 19.4 Å². The molecule has 0 spiro atoms. The third-order valence-electron chi connectivity index (χ3n) is 3.49. The molecule has 0 saturated heterocycles. The average molecular weight is 336 g/mol. The monoisotopic (exact) mass is 335 g/mol. The van der Waals surface area contributed by atoms with E-state index in [0.29, 0.717) is 0 Å². The lowest BCUT2D eigenvalue weighted by molar-refractivity contribution is 0.352. The first kappa shape index (κ1) is 13.6. The normalized spacial score (nSPS) is 13.3. The fraction of sp³-hybridized carbons (Fsp3) is 0.400. The van der Waals surface area contributed by atoms with E-state index in [1.54, 1.807) is 0 Å². The summed E-state index contributed by atoms with van der Waals surface area (Å²) in [6, 6.07) is 4.29. The van der Waals surface area contributed by atoms with E-state index in [1.807, 2.05) is 17.9 Å². The second-order valence-corrected chi connectivity index (χ2v) is 6.02. The lowest BCUT2D eigenvalue weighted by Gasteiger charge is -2.10. The minimum absolute atomic E-state index is 0.800. The van der Waals surface area contributed by atoms with Gasteiger partial charge in [0, 0.05) is 36.2 Å². The van der Waals surface area contributed by atoms with Gasteiger partial charge in [-0.25, -0.2) is 0 Å². The van der Waals surface area contributed by atoms with Crippen molar-refractivity contribution in [1.82, 2.24) is 15.1 Å². The fourth-order valence-electron chi connectivity index (χ4n) is 2.53. The first-order valence-corrected chi connectivity index (χ1v) is 7.64. The van der Waals surface area contributed by atoms with Gasteiger partial charge in [0.15, 0.2) is 0 Å². The molecule has 0 bridgehead atoms. The van der Waals surface area contributed by atoms with Crippen LogP contribution in [0.1, 0.15) is 16.7 Å². The number of rotatable bonds is 5. The Labute approximate surface area is 127 Å². The summed E-state index contributed by atoms with van der Waals surface area (Å²) in [5.74, 6) is 1.07. The molecule has 0 fully saturated rings. The van der Waals surface area contributed by atoms with Crippen LogP contribution in [0.3, 0.4) is 0 Å². The van der Waals surface area contributed by atoms with Crippen LogP contribution < -0.4 is 10.1 Å². The first-order chi connectivity index (χ1) is 9.72. The van der Waals surface area contributed by atoms with Crippen molar-refractivity contribution in [1.29, 1.82) is 0 Å². The van der Waals surface area contributed by atoms with E-state index in [9.17, 15) is 0 Å². The van der Waals surface area contributed by atoms with Crippen LogP contribution in [0.4, 0.5) is 0 Å². The van der Waals surface area contributed by atoms with Crippen molar-refractivity contribution >= 4 is 15.9 Å². The molecule has 0 unspecified atom stereocenters. The Balaban J connectivity index is 1.56. The van der Waals surface area contributed by atoms with Crippen molar-refractivity contribution in [2.24, 2.45) is 7.05 Å². The Morgan fingerprint density at radius 2 is 2.35 bits per heavy atom. The predicted octanol–water partition coefficient (Wildman–Crippen LogP) is 2.45. The summed E-state index contributed by atoms with van der Waals surface area (Å²) in [6.07, 6.45) is 5.98. The van der Waals surface area contributed by atoms with Crippen LogP contribution in [-0.2, 0) is 26.4 Å². The predicted molar refractivity (Wildman–Crippen MR) is 82.0 cm³/mol. The second-order valence-electron chi connectivity index (χ2n) is 5.10. The number of ether oxygens (including phenoxy) is 1. The number of nitrogens with zero attached hydrogens (tertiary/aromatic N) is 2. The van der Waals surface area contributed by atoms with E-state index in [1.165, 1.54) is 16.7 Å². The van der Waals surface area contributed by atoms with Gasteiger partial charge in [-0.1, -0.05) is 15.9 Å². The standard InChI is InChI=1S/C15H18BrN3O/c1-19-10-11(8-18-19)2-4-17-9-13-7-14(16)6-12-3-5-20-15(12)13/h6-8,10,17H,2-5,9H2,1H3. The molecule has 0 atom stereocenters. The molecule has 106 valence electrons. The highest BCUT2D eigenvalue weighted by Gasteiger charge is 2.16. The first-order valence-electron chi connectivity index (χ1n) is 6.85. The highest BCUT2D eigenvalue weighted by molar-refractivity contribution is 9.10. The summed E-state index contributed by atoms with van der Waals surface area (Å²) in [4.78, 5) is 0. The second kappa shape index (κ2) is 5.97. The molecule has 4 nitrogen and oxygen atoms in total. The third kappa shape index (κ3) is 3.04. The van der Waals surface area contributed by atoms with Crippen molar-refractivity contribution in [3.8, 4) is 5.75 Å². The highest BCUT2D eigenvalue weighted by atomic mass is 79.9. The largest absolute Gasteiger partial charge is 0.493 e. The Morgan fingerprint density at radius 3 is 3.15 bits per heavy atom. The van der Waals surface area contributed by atoms with Crippen LogP contribution >= 0.6 is 15.9 Å². The van der Waals surface area contributed by atoms with Crippen molar-refractivity contribution in [3.63, 3.8) is 0 Å². The van der Waals surface area contributed by atoms with Crippen molar-refractivity contribution < 1.29 is 4.74 Å². The molecule has 1 aromatic carbocycles. The summed E-state index contributed by atoms with van der Waals surface area (Å²) < 4.78 is 8.70. The number of nitrogens with one attached hydrogen (secondary N) is 1. The fourth-order valence-corrected chi connectivity index (χ4v) is 3.09. The van der Waals surface area contributed by atoms with E-state index >= 15 is 0 Å². The van der Waals surface area contributed by atoms with Gasteiger partial charge in [0.25, 0.3) is 0 Å². The minimum atomic E-state index is 0.800. The highest BCUT2D eigenvalue weighted by Crippen LogP contribution is 2.32. The van der Waals surface area contributed by atoms with E-state index in [0.717, 1.165) is 42.8 Å². The Kier molecular flexibility index (Phi) is 4.08. The summed E-state index contributed by atoms with van der Waals surface area (Å²) in [5.41, 5.74) is 3.80. The number of halogens is 1. The van der Waals surface area contributed by atoms with Crippen molar-refractivity contribution in [3.05, 3.63) is 45.7 Å². The average Bonchev–Trinajstić information content (AvgIpc) is 3.03. The third-order valence-corrected chi connectivity index (χ3v) is 3.95. The van der Waals surface area contributed by atoms with Crippen LogP contribution in [-0.4, -0.2) is 22.9 Å². The lowest BCUT2D eigenvalue weighted by Crippen LogP contribution is -2.17. The Morgan fingerprint density at radius 1 is 1.45 bits per heavy atom. The number of hydrogen-bond donors (Lipinski definition) is 1. The van der Waals surface area contributed by atoms with Crippen LogP contribution in [0, 0.1) is 0 Å². The van der Waals surface area contributed by atoms with Gasteiger partial charge in [-0.15, -0.1) is 0 Å². The molecule has 2 aromatic rings. The quantitative estimate of drug-likeness (QED) is 0.853. The molecule has 3 rings (SSSR count). The SMILES string of the molecule is Cn1cc(CCNCc2cc(Br)cc3c2OCC3)cn1. The van der Waals surface area contributed by atoms with Gasteiger partial charge in [0.2, 0.25) is 0 Å². The van der Waals surface area contributed by atoms with Gasteiger partial charge in [-0.3, -0.25) is 4.68 Å². The molecule has 1 N–H and O–H groups in total. The smallest absolute Gasteiger partial charge is 0.127 e. The van der Waals surface area contributed by atoms with Gasteiger partial charge in [0.05, 0.1) is 12.8 Å². The van der Waals surface area contributed by atoms with E-state index in [4.69, 9.17) is 4.74 Å². The molecule has 0 amide bonds. The molecule has 2 heterocycles. The zero-order valence-corrected chi connectivity index (χ0v) is 13.1. The molecule has 0 saturated carbocycles. The zero-order valence-electron chi connectivity index (χ0n) is 11.5. The summed E-state index contributed by atoms with van der Waals surface area (Å²) in [7, 11) is 1.94. The molecule has 0 radical (unpaired) electrons. The van der Waals surface area contributed by atoms with Crippen LogP contribution in [0.5, 0.6) is 5.75 Å². The van der Waals surface area contributed by atoms with E-state index in [2.05, 4.69) is 44.7 Å². The molecule has 5 heteroatoms. The van der Waals surface area contributed by atoms with Crippen molar-refractivity contribution in [2.75, 3.05) is 13.2 Å². The van der Waals surface area contributed by atoms with Gasteiger partial charge < -0.3 is 10.1 Å². The number of benzene rings is 1. The summed E-state index contributed by atoms with van der Waals surface area (Å²) >= 11 is 3.57. The molecule has 1 aromatic heterocycles. The molecular weight excluding hydrogens is 318 g/mol. The topological polar surface area (TPSA) is 39.1 Å². The Bertz CT molecular complexity index is 609. The van der Waals surface area contributed by atoms with Crippen LogP contribution in [0.2, 0.25) is 0 Å². The number of fused-ring (bicyclic) bond motifs is 1. The van der Waals surface area contributed by atoms with E-state index < -0.39 is 0 Å². The molecular formula is C15H18BrN3O. The maximum Gasteiger partial charge on any atom is 0.127 e.